The van der Waals surface area contributed by atoms with Crippen LogP contribution in [-0.2, 0) is 6.61 Å². The van der Waals surface area contributed by atoms with Gasteiger partial charge >= 0.3 is 0 Å². The lowest BCUT2D eigenvalue weighted by Crippen LogP contribution is -2.02. The molecule has 3 nitrogen and oxygen atoms in total. The monoisotopic (exact) mass is 256 g/mol. The summed E-state index contributed by atoms with van der Waals surface area (Å²) in [6.45, 7) is 1.96. The summed E-state index contributed by atoms with van der Waals surface area (Å²) in [6, 6.07) is 11.8. The Labute approximate surface area is 111 Å². The molecule has 0 radical (unpaired) electrons. The van der Waals surface area contributed by atoms with Gasteiger partial charge in [0, 0.05) is 5.56 Å². The maximum absolute atomic E-state index is 13.8. The average molecular weight is 256 g/mol. The zero-order valence-corrected chi connectivity index (χ0v) is 10.5. The van der Waals surface area contributed by atoms with E-state index in [2.05, 4.69) is 0 Å². The molecule has 0 saturated heterocycles. The quantitative estimate of drug-likeness (QED) is 0.858. The molecule has 0 aliphatic rings. The van der Waals surface area contributed by atoms with E-state index >= 15 is 0 Å². The molecule has 2 aromatic rings. The summed E-state index contributed by atoms with van der Waals surface area (Å²) in [6.07, 6.45) is 0. The van der Waals surface area contributed by atoms with E-state index in [4.69, 9.17) is 15.7 Å². The molecule has 0 bridgehead atoms. The van der Waals surface area contributed by atoms with E-state index in [9.17, 15) is 4.39 Å². The number of nitriles is 1. The number of nitrogens with zero attached hydrogens (tertiary/aromatic N) is 1. The van der Waals surface area contributed by atoms with Gasteiger partial charge in [-0.2, -0.15) is 5.26 Å². The molecule has 2 rings (SSSR count). The molecule has 0 heterocycles. The van der Waals surface area contributed by atoms with E-state index in [0.29, 0.717) is 17.0 Å². The maximum atomic E-state index is 13.8. The zero-order chi connectivity index (χ0) is 13.8. The highest BCUT2D eigenvalue weighted by Crippen LogP contribution is 2.24. The van der Waals surface area contributed by atoms with Gasteiger partial charge in [0.05, 0.1) is 11.3 Å². The van der Waals surface area contributed by atoms with Gasteiger partial charge in [-0.1, -0.05) is 18.2 Å². The number of anilines is 1. The van der Waals surface area contributed by atoms with Gasteiger partial charge in [-0.25, -0.2) is 4.39 Å². The lowest BCUT2D eigenvalue weighted by atomic mass is 10.1. The van der Waals surface area contributed by atoms with E-state index in [0.717, 1.165) is 5.56 Å². The first-order valence-corrected chi connectivity index (χ1v) is 5.78. The molecule has 0 aromatic heterocycles. The summed E-state index contributed by atoms with van der Waals surface area (Å²) < 4.78 is 19.3. The third-order valence-electron chi connectivity index (χ3n) is 2.75. The van der Waals surface area contributed by atoms with Crippen LogP contribution in [0.5, 0.6) is 5.75 Å². The van der Waals surface area contributed by atoms with E-state index in [1.54, 1.807) is 30.3 Å². The molecule has 0 saturated carbocycles. The Morgan fingerprint density at radius 3 is 2.79 bits per heavy atom. The highest BCUT2D eigenvalue weighted by molar-refractivity contribution is 5.54. The SMILES string of the molecule is Cc1ccc(OCc2cccc(C#N)c2F)c(N)c1. The van der Waals surface area contributed by atoms with Crippen LogP contribution in [0.1, 0.15) is 16.7 Å². The third-order valence-corrected chi connectivity index (χ3v) is 2.75. The summed E-state index contributed by atoms with van der Waals surface area (Å²) in [5, 5.41) is 8.75. The molecule has 0 unspecified atom stereocenters. The van der Waals surface area contributed by atoms with Crippen LogP contribution < -0.4 is 10.5 Å². The molecule has 0 amide bonds. The van der Waals surface area contributed by atoms with Gasteiger partial charge < -0.3 is 10.5 Å². The summed E-state index contributed by atoms with van der Waals surface area (Å²) in [5.41, 5.74) is 7.69. The molecule has 0 spiro atoms. The lowest BCUT2D eigenvalue weighted by molar-refractivity contribution is 0.301. The first-order valence-electron chi connectivity index (χ1n) is 5.78. The highest BCUT2D eigenvalue weighted by Gasteiger charge is 2.09. The molecule has 0 aliphatic heterocycles. The Bertz CT molecular complexity index is 647. The number of hydrogen-bond acceptors (Lipinski definition) is 3. The number of aryl methyl sites for hydroxylation is 1. The number of benzene rings is 2. The predicted octanol–water partition coefficient (Wildman–Crippen LogP) is 3.17. The van der Waals surface area contributed by atoms with Crippen LogP contribution in [0.3, 0.4) is 0 Å². The molecule has 0 atom stereocenters. The second kappa shape index (κ2) is 5.40. The van der Waals surface area contributed by atoms with Crippen molar-refractivity contribution in [3.63, 3.8) is 0 Å². The number of nitrogen functional groups attached to an aromatic ring is 1. The first kappa shape index (κ1) is 12.9. The minimum absolute atomic E-state index is 0.0120. The van der Waals surface area contributed by atoms with Crippen molar-refractivity contribution in [2.24, 2.45) is 0 Å². The second-order valence-corrected chi connectivity index (χ2v) is 4.22. The summed E-state index contributed by atoms with van der Waals surface area (Å²) in [7, 11) is 0. The van der Waals surface area contributed by atoms with E-state index < -0.39 is 5.82 Å². The van der Waals surface area contributed by atoms with Crippen LogP contribution >= 0.6 is 0 Å². The highest BCUT2D eigenvalue weighted by atomic mass is 19.1. The largest absolute Gasteiger partial charge is 0.487 e. The lowest BCUT2D eigenvalue weighted by Gasteiger charge is -2.10. The van der Waals surface area contributed by atoms with Crippen molar-refractivity contribution >= 4 is 5.69 Å². The summed E-state index contributed by atoms with van der Waals surface area (Å²) >= 11 is 0. The van der Waals surface area contributed by atoms with Crippen molar-refractivity contribution in [1.29, 1.82) is 5.26 Å². The maximum Gasteiger partial charge on any atom is 0.147 e. The van der Waals surface area contributed by atoms with Crippen molar-refractivity contribution in [2.75, 3.05) is 5.73 Å². The van der Waals surface area contributed by atoms with Crippen LogP contribution in [0.2, 0.25) is 0 Å². The molecule has 19 heavy (non-hydrogen) atoms. The Hall–Kier alpha value is -2.54. The third kappa shape index (κ3) is 2.83. The van der Waals surface area contributed by atoms with Crippen LogP contribution in [0.15, 0.2) is 36.4 Å². The van der Waals surface area contributed by atoms with Crippen molar-refractivity contribution in [1.82, 2.24) is 0 Å². The van der Waals surface area contributed by atoms with Crippen molar-refractivity contribution in [2.45, 2.75) is 13.5 Å². The predicted molar refractivity (Wildman–Crippen MR) is 71.0 cm³/mol. The molecule has 0 aliphatic carbocycles. The van der Waals surface area contributed by atoms with E-state index in [1.165, 1.54) is 6.07 Å². The number of ether oxygens (including phenoxy) is 1. The summed E-state index contributed by atoms with van der Waals surface area (Å²) in [5.74, 6) is -0.0388. The number of rotatable bonds is 3. The smallest absolute Gasteiger partial charge is 0.147 e. The number of halogens is 1. The normalized spacial score (nSPS) is 9.95. The minimum atomic E-state index is -0.546. The topological polar surface area (TPSA) is 59.0 Å². The minimum Gasteiger partial charge on any atom is -0.487 e. The standard InChI is InChI=1S/C15H13FN2O/c1-10-5-6-14(13(18)7-10)19-9-12-4-2-3-11(8-17)15(12)16/h2-7H,9,18H2,1H3. The van der Waals surface area contributed by atoms with Gasteiger partial charge in [-0.05, 0) is 30.7 Å². The van der Waals surface area contributed by atoms with Crippen molar-refractivity contribution in [3.05, 3.63) is 58.9 Å². The molecule has 2 aromatic carbocycles. The van der Waals surface area contributed by atoms with Gasteiger partial charge in [0.2, 0.25) is 0 Å². The molecule has 0 fully saturated rings. The number of hydrogen-bond donors (Lipinski definition) is 1. The van der Waals surface area contributed by atoms with Gasteiger partial charge in [-0.3, -0.25) is 0 Å². The van der Waals surface area contributed by atoms with Gasteiger partial charge in [0.25, 0.3) is 0 Å². The zero-order valence-electron chi connectivity index (χ0n) is 10.5. The molecule has 4 heteroatoms. The van der Waals surface area contributed by atoms with Crippen molar-refractivity contribution in [3.8, 4) is 11.8 Å². The Balaban J connectivity index is 2.17. The van der Waals surface area contributed by atoms with E-state index in [1.807, 2.05) is 13.0 Å². The average Bonchev–Trinajstić information content (AvgIpc) is 2.39. The Morgan fingerprint density at radius 2 is 2.11 bits per heavy atom. The van der Waals surface area contributed by atoms with E-state index in [-0.39, 0.29) is 12.2 Å². The van der Waals surface area contributed by atoms with Crippen LogP contribution in [-0.4, -0.2) is 0 Å². The van der Waals surface area contributed by atoms with Crippen LogP contribution in [0, 0.1) is 24.1 Å². The molecule has 2 N–H and O–H groups in total. The van der Waals surface area contributed by atoms with Crippen molar-refractivity contribution < 1.29 is 9.13 Å². The number of nitrogens with two attached hydrogens (primary N) is 1. The second-order valence-electron chi connectivity index (χ2n) is 4.22. The molecular weight excluding hydrogens is 243 g/mol. The molecular formula is C15H13FN2O. The fraction of sp³-hybridized carbons (Fsp3) is 0.133. The fourth-order valence-electron chi connectivity index (χ4n) is 1.73. The van der Waals surface area contributed by atoms with Gasteiger partial charge in [0.1, 0.15) is 24.2 Å². The first-order chi connectivity index (χ1) is 9.11. The molecule has 96 valence electrons. The van der Waals surface area contributed by atoms with Gasteiger partial charge in [-0.15, -0.1) is 0 Å². The Morgan fingerprint density at radius 1 is 1.32 bits per heavy atom. The van der Waals surface area contributed by atoms with Gasteiger partial charge in [0.15, 0.2) is 0 Å². The van der Waals surface area contributed by atoms with Crippen LogP contribution in [0.4, 0.5) is 10.1 Å². The summed E-state index contributed by atoms with van der Waals surface area (Å²) in [4.78, 5) is 0. The van der Waals surface area contributed by atoms with Crippen LogP contribution in [0.25, 0.3) is 0 Å². The fourth-order valence-corrected chi connectivity index (χ4v) is 1.73. The Kier molecular flexibility index (Phi) is 3.67.